The van der Waals surface area contributed by atoms with Crippen molar-refractivity contribution in [1.82, 2.24) is 4.72 Å². The zero-order chi connectivity index (χ0) is 20.3. The second-order valence-corrected chi connectivity index (χ2v) is 8.99. The van der Waals surface area contributed by atoms with Crippen molar-refractivity contribution in [3.05, 3.63) is 54.1 Å². The number of nitrogens with zero attached hydrogens (tertiary/aromatic N) is 1. The van der Waals surface area contributed by atoms with Crippen LogP contribution in [-0.4, -0.2) is 34.0 Å². The van der Waals surface area contributed by atoms with Crippen LogP contribution in [0.4, 0.5) is 5.69 Å². The van der Waals surface area contributed by atoms with Crippen molar-refractivity contribution in [2.45, 2.75) is 37.6 Å². The number of methoxy groups -OCH3 is 1. The minimum Gasteiger partial charge on any atom is -0.497 e. The van der Waals surface area contributed by atoms with Crippen LogP contribution in [0.15, 0.2) is 53.4 Å². The number of rotatable bonds is 7. The van der Waals surface area contributed by atoms with Crippen LogP contribution in [-0.2, 0) is 21.2 Å². The third-order valence-corrected chi connectivity index (χ3v) is 6.57. The van der Waals surface area contributed by atoms with E-state index in [1.807, 2.05) is 38.1 Å². The maximum absolute atomic E-state index is 12.9. The summed E-state index contributed by atoms with van der Waals surface area (Å²) in [5, 5.41) is 0. The third-order valence-electron chi connectivity index (χ3n) is 5.06. The third kappa shape index (κ3) is 4.36. The molecule has 0 spiro atoms. The molecule has 1 heterocycles. The van der Waals surface area contributed by atoms with E-state index in [-0.39, 0.29) is 23.1 Å². The van der Waals surface area contributed by atoms with Crippen LogP contribution in [0.3, 0.4) is 0 Å². The summed E-state index contributed by atoms with van der Waals surface area (Å²) in [7, 11) is -2.21. The van der Waals surface area contributed by atoms with Gasteiger partial charge in [-0.15, -0.1) is 0 Å². The molecule has 2 aromatic carbocycles. The van der Waals surface area contributed by atoms with Crippen LogP contribution in [0, 0.1) is 5.92 Å². The van der Waals surface area contributed by atoms with E-state index in [0.29, 0.717) is 12.3 Å². The molecule has 2 aromatic rings. The maximum Gasteiger partial charge on any atom is 0.240 e. The average molecular weight is 403 g/mol. The van der Waals surface area contributed by atoms with Gasteiger partial charge in [-0.3, -0.25) is 4.79 Å². The lowest BCUT2D eigenvalue weighted by molar-refractivity contribution is -0.119. The summed E-state index contributed by atoms with van der Waals surface area (Å²) in [6, 6.07) is 13.5. The number of para-hydroxylation sites is 1. The number of anilines is 1. The van der Waals surface area contributed by atoms with Gasteiger partial charge in [0, 0.05) is 24.7 Å². The van der Waals surface area contributed by atoms with Gasteiger partial charge in [0.2, 0.25) is 15.9 Å². The van der Waals surface area contributed by atoms with Gasteiger partial charge in [-0.05, 0) is 48.2 Å². The van der Waals surface area contributed by atoms with Gasteiger partial charge in [0.15, 0.2) is 0 Å². The van der Waals surface area contributed by atoms with Gasteiger partial charge in [0.05, 0.1) is 12.0 Å². The molecule has 28 heavy (non-hydrogen) atoms. The van der Waals surface area contributed by atoms with E-state index >= 15 is 0 Å². The Bertz CT molecular complexity index is 939. The van der Waals surface area contributed by atoms with E-state index in [2.05, 4.69) is 4.72 Å². The molecule has 0 fully saturated rings. The second kappa shape index (κ2) is 8.32. The number of amides is 1. The molecule has 1 atom stereocenters. The fourth-order valence-corrected chi connectivity index (χ4v) is 4.72. The fraction of sp³-hybridized carbons (Fsp3) is 0.381. The predicted octanol–water partition coefficient (Wildman–Crippen LogP) is 2.98. The minimum atomic E-state index is -3.74. The maximum atomic E-state index is 12.9. The molecule has 0 radical (unpaired) electrons. The summed E-state index contributed by atoms with van der Waals surface area (Å²) >= 11 is 0. The number of carbonyl (C=O) groups is 1. The van der Waals surface area contributed by atoms with Crippen LogP contribution in [0.1, 0.15) is 25.8 Å². The Morgan fingerprint density at radius 1 is 1.14 bits per heavy atom. The summed E-state index contributed by atoms with van der Waals surface area (Å²) in [5.41, 5.74) is 2.07. The summed E-state index contributed by atoms with van der Waals surface area (Å²) < 4.78 is 33.3. The van der Waals surface area contributed by atoms with Gasteiger partial charge in [0.25, 0.3) is 0 Å². The van der Waals surface area contributed by atoms with Crippen LogP contribution in [0.25, 0.3) is 0 Å². The summed E-state index contributed by atoms with van der Waals surface area (Å²) in [6.45, 7) is 4.45. The first kappa shape index (κ1) is 20.4. The first-order chi connectivity index (χ1) is 13.3. The Balaban J connectivity index is 1.74. The van der Waals surface area contributed by atoms with Crippen LogP contribution in [0.2, 0.25) is 0 Å². The molecule has 0 bridgehead atoms. The molecule has 1 unspecified atom stereocenters. The molecular formula is C21H26N2O4S. The lowest BCUT2D eigenvalue weighted by Gasteiger charge is -2.25. The van der Waals surface area contributed by atoms with E-state index in [0.717, 1.165) is 17.7 Å². The highest BCUT2D eigenvalue weighted by atomic mass is 32.2. The normalized spacial score (nSPS) is 14.8. The highest BCUT2D eigenvalue weighted by molar-refractivity contribution is 7.89. The lowest BCUT2D eigenvalue weighted by atomic mass is 10.0. The molecular weight excluding hydrogens is 376 g/mol. The predicted molar refractivity (Wildman–Crippen MR) is 109 cm³/mol. The second-order valence-electron chi connectivity index (χ2n) is 7.28. The summed E-state index contributed by atoms with van der Waals surface area (Å²) in [5.74, 6) is 0.484. The monoisotopic (exact) mass is 402 g/mol. The Morgan fingerprint density at radius 2 is 1.82 bits per heavy atom. The molecule has 0 saturated carbocycles. The highest BCUT2D eigenvalue weighted by Gasteiger charge is 2.29. The van der Waals surface area contributed by atoms with Gasteiger partial charge < -0.3 is 9.64 Å². The Morgan fingerprint density at radius 3 is 2.46 bits per heavy atom. The number of hydrogen-bond donors (Lipinski definition) is 1. The highest BCUT2D eigenvalue weighted by Crippen LogP contribution is 2.28. The topological polar surface area (TPSA) is 75.7 Å². The average Bonchev–Trinajstić information content (AvgIpc) is 3.11. The van der Waals surface area contributed by atoms with Crippen molar-refractivity contribution < 1.29 is 17.9 Å². The number of nitrogens with one attached hydrogen (secondary N) is 1. The number of carbonyl (C=O) groups excluding carboxylic acids is 1. The molecule has 1 aliphatic rings. The first-order valence-electron chi connectivity index (χ1n) is 9.36. The van der Waals surface area contributed by atoms with Crippen LogP contribution in [0.5, 0.6) is 5.75 Å². The number of benzene rings is 2. The quantitative estimate of drug-likeness (QED) is 0.773. The van der Waals surface area contributed by atoms with Gasteiger partial charge in [-0.25, -0.2) is 13.1 Å². The zero-order valence-corrected chi connectivity index (χ0v) is 17.2. The van der Waals surface area contributed by atoms with E-state index < -0.39 is 16.1 Å². The van der Waals surface area contributed by atoms with E-state index in [1.54, 1.807) is 17.0 Å². The van der Waals surface area contributed by atoms with E-state index in [4.69, 9.17) is 4.74 Å². The molecule has 3 rings (SSSR count). The van der Waals surface area contributed by atoms with Crippen molar-refractivity contribution in [2.24, 2.45) is 5.92 Å². The zero-order valence-electron chi connectivity index (χ0n) is 16.4. The Kier molecular flexibility index (Phi) is 6.05. The molecule has 150 valence electrons. The summed E-state index contributed by atoms with van der Waals surface area (Å²) in [6.07, 6.45) is 0.938. The molecule has 1 aliphatic heterocycles. The number of ether oxygens (including phenoxy) is 1. The molecule has 1 amide bonds. The first-order valence-corrected chi connectivity index (χ1v) is 10.8. The van der Waals surface area contributed by atoms with E-state index in [9.17, 15) is 13.2 Å². The van der Waals surface area contributed by atoms with Crippen LogP contribution >= 0.6 is 0 Å². The van der Waals surface area contributed by atoms with Crippen molar-refractivity contribution in [3.63, 3.8) is 0 Å². The van der Waals surface area contributed by atoms with E-state index in [1.165, 1.54) is 19.2 Å². The smallest absolute Gasteiger partial charge is 0.240 e. The number of sulfonamides is 1. The van der Waals surface area contributed by atoms with Gasteiger partial charge in [-0.2, -0.15) is 0 Å². The molecule has 1 N–H and O–H groups in total. The molecule has 0 aromatic heterocycles. The molecule has 0 saturated heterocycles. The summed E-state index contributed by atoms with van der Waals surface area (Å²) in [4.78, 5) is 14.8. The van der Waals surface area contributed by atoms with Crippen molar-refractivity contribution in [1.29, 1.82) is 0 Å². The Labute approximate surface area is 166 Å². The minimum absolute atomic E-state index is 0.0326. The lowest BCUT2D eigenvalue weighted by Crippen LogP contribution is -2.43. The van der Waals surface area contributed by atoms with Gasteiger partial charge >= 0.3 is 0 Å². The number of hydrogen-bond acceptors (Lipinski definition) is 4. The van der Waals surface area contributed by atoms with Crippen molar-refractivity contribution in [3.8, 4) is 5.75 Å². The van der Waals surface area contributed by atoms with Gasteiger partial charge in [0.1, 0.15) is 5.75 Å². The van der Waals surface area contributed by atoms with Gasteiger partial charge in [-0.1, -0.05) is 32.0 Å². The SMILES string of the molecule is COc1ccc(S(=O)(=O)NC(CC(=O)N2CCc3ccccc32)C(C)C)cc1. The largest absolute Gasteiger partial charge is 0.497 e. The molecule has 7 heteroatoms. The molecule has 0 aliphatic carbocycles. The number of fused-ring (bicyclic) bond motifs is 1. The van der Waals surface area contributed by atoms with Crippen molar-refractivity contribution in [2.75, 3.05) is 18.6 Å². The molecule has 6 nitrogen and oxygen atoms in total. The standard InChI is InChI=1S/C21H26N2O4S/c1-15(2)19(22-28(25,26)18-10-8-17(27-3)9-11-18)14-21(24)23-13-12-16-6-4-5-7-20(16)23/h4-11,15,19,22H,12-14H2,1-3H3. The Hall–Kier alpha value is -2.38. The van der Waals surface area contributed by atoms with Crippen LogP contribution < -0.4 is 14.4 Å². The fourth-order valence-electron chi connectivity index (χ4n) is 3.33. The van der Waals surface area contributed by atoms with Crippen molar-refractivity contribution >= 4 is 21.6 Å².